The quantitative estimate of drug-likeness (QED) is 0.175. The molecule has 0 amide bonds. The molecule has 226 valence electrons. The fourth-order valence-corrected chi connectivity index (χ4v) is 8.57. The molecule has 0 unspecified atom stereocenters. The van der Waals surface area contributed by atoms with Crippen molar-refractivity contribution in [3.8, 4) is 44.9 Å². The Balaban J connectivity index is 1.21. The van der Waals surface area contributed by atoms with Crippen LogP contribution in [0.5, 0.6) is 11.5 Å². The predicted molar refractivity (Wildman–Crippen MR) is 208 cm³/mol. The molecule has 1 heterocycles. The molecule has 0 N–H and O–H groups in total. The van der Waals surface area contributed by atoms with Gasteiger partial charge in [-0.3, -0.25) is 0 Å². The number of hydrogen-bond donors (Lipinski definition) is 0. The summed E-state index contributed by atoms with van der Waals surface area (Å²) in [6, 6.07) is 62.1. The molecule has 0 bridgehead atoms. The third kappa shape index (κ3) is 3.70. The smallest absolute Gasteiger partial charge is 0.135 e. The van der Waals surface area contributed by atoms with Crippen molar-refractivity contribution in [3.63, 3.8) is 0 Å². The van der Waals surface area contributed by atoms with Gasteiger partial charge >= 0.3 is 0 Å². The van der Waals surface area contributed by atoms with Gasteiger partial charge in [-0.2, -0.15) is 0 Å². The van der Waals surface area contributed by atoms with Crippen LogP contribution in [0.4, 0.5) is 0 Å². The minimum absolute atomic E-state index is 0.911. The molecule has 0 atom stereocenters. The monoisotopic (exact) mass is 620 g/mol. The summed E-state index contributed by atoms with van der Waals surface area (Å²) < 4.78 is 6.44. The average Bonchev–Trinajstić information content (AvgIpc) is 3.17. The molecule has 0 radical (unpaired) electrons. The van der Waals surface area contributed by atoms with Crippen LogP contribution >= 0.6 is 0 Å². The highest BCUT2D eigenvalue weighted by Gasteiger charge is 2.22. The van der Waals surface area contributed by atoms with Crippen LogP contribution in [0, 0.1) is 0 Å². The van der Waals surface area contributed by atoms with Gasteiger partial charge in [-0.15, -0.1) is 0 Å². The van der Waals surface area contributed by atoms with Crippen molar-refractivity contribution in [3.05, 3.63) is 170 Å². The number of ether oxygens (including phenoxy) is 1. The van der Waals surface area contributed by atoms with Gasteiger partial charge in [-0.05, 0) is 105 Å². The number of para-hydroxylation sites is 1. The highest BCUT2D eigenvalue weighted by Crippen LogP contribution is 2.50. The molecule has 11 rings (SSSR count). The van der Waals surface area contributed by atoms with Crippen LogP contribution in [-0.4, -0.2) is 0 Å². The zero-order chi connectivity index (χ0) is 32.1. The molecule has 0 aliphatic carbocycles. The van der Waals surface area contributed by atoms with Gasteiger partial charge in [0, 0.05) is 10.9 Å². The summed E-state index contributed by atoms with van der Waals surface area (Å²) in [5.74, 6) is 1.82. The zero-order valence-electron chi connectivity index (χ0n) is 26.6. The number of fused-ring (bicyclic) bond motifs is 11. The molecular formula is C48H28O. The average molecular weight is 621 g/mol. The van der Waals surface area contributed by atoms with Crippen molar-refractivity contribution < 1.29 is 4.74 Å². The number of rotatable bonds is 2. The van der Waals surface area contributed by atoms with Gasteiger partial charge in [0.25, 0.3) is 0 Å². The van der Waals surface area contributed by atoms with Crippen molar-refractivity contribution in [1.29, 1.82) is 0 Å². The predicted octanol–water partition coefficient (Wildman–Crippen LogP) is 13.7. The number of hydrogen-bond acceptors (Lipinski definition) is 1. The van der Waals surface area contributed by atoms with Crippen molar-refractivity contribution in [2.45, 2.75) is 0 Å². The fourth-order valence-electron chi connectivity index (χ4n) is 8.57. The van der Waals surface area contributed by atoms with E-state index < -0.39 is 0 Å². The Hall–Kier alpha value is -6.44. The van der Waals surface area contributed by atoms with Crippen LogP contribution in [0.3, 0.4) is 0 Å². The lowest BCUT2D eigenvalue weighted by molar-refractivity contribution is 0.487. The molecule has 10 aromatic rings. The Morgan fingerprint density at radius 1 is 0.224 bits per heavy atom. The Bertz CT molecular complexity index is 3020. The first kappa shape index (κ1) is 26.6. The van der Waals surface area contributed by atoms with Crippen LogP contribution < -0.4 is 4.74 Å². The Morgan fingerprint density at radius 3 is 1.39 bits per heavy atom. The van der Waals surface area contributed by atoms with Crippen LogP contribution in [0.15, 0.2) is 170 Å². The van der Waals surface area contributed by atoms with Crippen LogP contribution in [0.25, 0.3) is 98.0 Å². The summed E-state index contributed by atoms with van der Waals surface area (Å²) in [5, 5.41) is 15.2. The summed E-state index contributed by atoms with van der Waals surface area (Å²) in [5.41, 5.74) is 7.31. The van der Waals surface area contributed by atoms with E-state index in [1.807, 2.05) is 6.07 Å². The second-order valence-electron chi connectivity index (χ2n) is 13.1. The minimum atomic E-state index is 0.911. The van der Waals surface area contributed by atoms with Crippen molar-refractivity contribution >= 4 is 64.6 Å². The maximum absolute atomic E-state index is 6.44. The van der Waals surface area contributed by atoms with Gasteiger partial charge in [0.05, 0.1) is 0 Å². The first-order valence-electron chi connectivity index (χ1n) is 16.9. The summed E-state index contributed by atoms with van der Waals surface area (Å²) in [7, 11) is 0. The normalized spacial score (nSPS) is 12.2. The lowest BCUT2D eigenvalue weighted by atomic mass is 9.84. The van der Waals surface area contributed by atoms with E-state index in [-0.39, 0.29) is 0 Å². The zero-order valence-corrected chi connectivity index (χ0v) is 26.6. The third-order valence-electron chi connectivity index (χ3n) is 10.7. The second kappa shape index (κ2) is 10.0. The van der Waals surface area contributed by atoms with E-state index in [1.54, 1.807) is 0 Å². The van der Waals surface area contributed by atoms with Crippen LogP contribution in [0.1, 0.15) is 0 Å². The number of benzene rings is 10. The van der Waals surface area contributed by atoms with E-state index in [2.05, 4.69) is 164 Å². The molecule has 10 aromatic carbocycles. The van der Waals surface area contributed by atoms with Gasteiger partial charge in [0.15, 0.2) is 0 Å². The Morgan fingerprint density at radius 2 is 0.673 bits per heavy atom. The molecule has 49 heavy (non-hydrogen) atoms. The van der Waals surface area contributed by atoms with Gasteiger partial charge < -0.3 is 4.74 Å². The maximum Gasteiger partial charge on any atom is 0.135 e. The van der Waals surface area contributed by atoms with E-state index >= 15 is 0 Å². The van der Waals surface area contributed by atoms with E-state index in [0.29, 0.717) is 0 Å². The SMILES string of the molecule is c1ccc2c(c1)Oc1ccc(-c3ccc(-c4cc5c6ccccc6c6ccccc6c5c5ccccc45)c4ccccc34)c3cccc-2c13. The Kier molecular flexibility index (Phi) is 5.45. The van der Waals surface area contributed by atoms with Crippen LogP contribution in [-0.2, 0) is 0 Å². The molecule has 0 aromatic heterocycles. The van der Waals surface area contributed by atoms with Crippen LogP contribution in [0.2, 0.25) is 0 Å². The van der Waals surface area contributed by atoms with E-state index in [0.717, 1.165) is 17.1 Å². The van der Waals surface area contributed by atoms with Crippen molar-refractivity contribution in [1.82, 2.24) is 0 Å². The fraction of sp³-hybridized carbons (Fsp3) is 0. The van der Waals surface area contributed by atoms with E-state index in [4.69, 9.17) is 4.74 Å². The lowest BCUT2D eigenvalue weighted by Gasteiger charge is -2.23. The summed E-state index contributed by atoms with van der Waals surface area (Å²) in [4.78, 5) is 0. The lowest BCUT2D eigenvalue weighted by Crippen LogP contribution is -1.97. The molecular weight excluding hydrogens is 593 g/mol. The Labute approximate surface area is 283 Å². The molecule has 1 aliphatic heterocycles. The van der Waals surface area contributed by atoms with Crippen molar-refractivity contribution in [2.24, 2.45) is 0 Å². The van der Waals surface area contributed by atoms with E-state index in [9.17, 15) is 0 Å². The van der Waals surface area contributed by atoms with Crippen molar-refractivity contribution in [2.75, 3.05) is 0 Å². The topological polar surface area (TPSA) is 9.23 Å². The van der Waals surface area contributed by atoms with Gasteiger partial charge in [-0.1, -0.05) is 152 Å². The summed E-state index contributed by atoms with van der Waals surface area (Å²) in [6.07, 6.45) is 0. The highest BCUT2D eigenvalue weighted by molar-refractivity contribution is 6.33. The molecule has 0 fully saturated rings. The first-order chi connectivity index (χ1) is 24.3. The molecule has 1 nitrogen and oxygen atoms in total. The maximum atomic E-state index is 6.44. The third-order valence-corrected chi connectivity index (χ3v) is 10.7. The van der Waals surface area contributed by atoms with Gasteiger partial charge in [0.1, 0.15) is 11.5 Å². The first-order valence-corrected chi connectivity index (χ1v) is 16.9. The summed E-state index contributed by atoms with van der Waals surface area (Å²) >= 11 is 0. The minimum Gasteiger partial charge on any atom is -0.456 e. The molecule has 1 aliphatic rings. The molecule has 0 saturated heterocycles. The molecule has 1 heteroatoms. The van der Waals surface area contributed by atoms with Gasteiger partial charge in [0.2, 0.25) is 0 Å². The van der Waals surface area contributed by atoms with E-state index in [1.165, 1.54) is 92.5 Å². The molecule has 0 spiro atoms. The summed E-state index contributed by atoms with van der Waals surface area (Å²) in [6.45, 7) is 0. The highest BCUT2D eigenvalue weighted by atomic mass is 16.5. The molecule has 0 saturated carbocycles. The second-order valence-corrected chi connectivity index (χ2v) is 13.1. The standard InChI is InChI=1S/C48H28O/c1-2-13-30-29(12-1)35(36-26-27-46-48-41(36)21-11-22-42(48)38-18-9-10-23-45(38)49-46)24-25-37(30)43-28-44-33-16-4-3-14-31(33)32-15-5-7-19-39(32)47(44)40-20-8-6-17-34(40)43/h1-28H. The largest absolute Gasteiger partial charge is 0.456 e. The van der Waals surface area contributed by atoms with Gasteiger partial charge in [-0.25, -0.2) is 0 Å².